The van der Waals surface area contributed by atoms with Gasteiger partial charge in [-0.15, -0.1) is 0 Å². The first-order valence-electron chi connectivity index (χ1n) is 10.2. The fourth-order valence-electron chi connectivity index (χ4n) is 2.99. The first-order chi connectivity index (χ1) is 17.1. The van der Waals surface area contributed by atoms with E-state index in [1.165, 1.54) is 18.2 Å². The molecule has 3 aromatic rings. The molecule has 0 amide bonds. The Morgan fingerprint density at radius 3 is 1.56 bits per heavy atom. The number of aliphatic hydroxyl groups excluding tert-OH is 1. The van der Waals surface area contributed by atoms with Gasteiger partial charge >= 0.3 is 11.9 Å². The number of aromatic hydroxyl groups is 2. The maximum absolute atomic E-state index is 12.8. The van der Waals surface area contributed by atoms with Crippen LogP contribution in [0.2, 0.25) is 0 Å². The van der Waals surface area contributed by atoms with E-state index in [1.807, 2.05) is 0 Å². The van der Waals surface area contributed by atoms with Crippen molar-refractivity contribution in [3.8, 4) is 17.2 Å². The van der Waals surface area contributed by atoms with Gasteiger partial charge in [0.1, 0.15) is 37.1 Å². The maximum Gasteiger partial charge on any atom is 0.338 e. The van der Waals surface area contributed by atoms with Gasteiger partial charge in [-0.2, -0.15) is 0 Å². The Morgan fingerprint density at radius 2 is 1.14 bits per heavy atom. The molecule has 0 bridgehead atoms. The molecule has 8 nitrogen and oxygen atoms in total. The van der Waals surface area contributed by atoms with Gasteiger partial charge in [0.2, 0.25) is 0 Å². The lowest BCUT2D eigenvalue weighted by atomic mass is 10.1. The Kier molecular flexibility index (Phi) is 10.2. The highest BCUT2D eigenvalue weighted by atomic mass is 79.9. The van der Waals surface area contributed by atoms with E-state index in [4.69, 9.17) is 19.3 Å². The SMILES string of the molecule is O=C(OCc1cc(Br)cc(Br)c1O)c1cc(OCCO)cc(C(=O)OCc2cc(Br)cc(Br)c2O)c1. The summed E-state index contributed by atoms with van der Waals surface area (Å²) in [6.45, 7) is -0.808. The number of aliphatic hydroxyl groups is 1. The Morgan fingerprint density at radius 1 is 0.694 bits per heavy atom. The van der Waals surface area contributed by atoms with Crippen molar-refractivity contribution < 1.29 is 39.1 Å². The molecule has 0 radical (unpaired) electrons. The van der Waals surface area contributed by atoms with E-state index >= 15 is 0 Å². The van der Waals surface area contributed by atoms with E-state index in [0.717, 1.165) is 0 Å². The fourth-order valence-corrected chi connectivity index (χ4v) is 5.62. The number of phenols is 2. The van der Waals surface area contributed by atoms with Gasteiger partial charge in [-0.3, -0.25) is 0 Å². The van der Waals surface area contributed by atoms with Gasteiger partial charge in [0.25, 0.3) is 0 Å². The molecule has 0 atom stereocenters. The van der Waals surface area contributed by atoms with Crippen LogP contribution in [-0.4, -0.2) is 40.5 Å². The highest BCUT2D eigenvalue weighted by Gasteiger charge is 2.18. The van der Waals surface area contributed by atoms with Crippen LogP contribution in [0.25, 0.3) is 0 Å². The molecule has 0 fully saturated rings. The van der Waals surface area contributed by atoms with Crippen molar-refractivity contribution in [2.45, 2.75) is 13.2 Å². The number of ether oxygens (including phenoxy) is 3. The molecule has 0 heterocycles. The van der Waals surface area contributed by atoms with Crippen LogP contribution in [0.5, 0.6) is 17.2 Å². The Hall–Kier alpha value is -2.12. The van der Waals surface area contributed by atoms with Gasteiger partial charge in [-0.05, 0) is 74.3 Å². The van der Waals surface area contributed by atoms with E-state index in [9.17, 15) is 19.8 Å². The van der Waals surface area contributed by atoms with Crippen LogP contribution >= 0.6 is 63.7 Å². The van der Waals surface area contributed by atoms with Crippen LogP contribution in [0.4, 0.5) is 0 Å². The van der Waals surface area contributed by atoms with E-state index in [1.54, 1.807) is 24.3 Å². The molecule has 3 aromatic carbocycles. The monoisotopic (exact) mass is 750 g/mol. The minimum Gasteiger partial charge on any atom is -0.506 e. The molecule has 0 saturated carbocycles. The summed E-state index contributed by atoms with van der Waals surface area (Å²) in [6.07, 6.45) is 0. The lowest BCUT2D eigenvalue weighted by Gasteiger charge is -2.12. The van der Waals surface area contributed by atoms with Gasteiger partial charge in [0.05, 0.1) is 26.7 Å². The smallest absolute Gasteiger partial charge is 0.338 e. The van der Waals surface area contributed by atoms with Crippen molar-refractivity contribution in [1.82, 2.24) is 0 Å². The molecule has 0 spiro atoms. The Bertz CT molecular complexity index is 1200. The number of carbonyl (C=O) groups is 2. The van der Waals surface area contributed by atoms with Gasteiger partial charge < -0.3 is 29.5 Å². The quantitative estimate of drug-likeness (QED) is 0.220. The molecule has 3 rings (SSSR count). The summed E-state index contributed by atoms with van der Waals surface area (Å²) >= 11 is 13.1. The summed E-state index contributed by atoms with van der Waals surface area (Å²) in [5, 5.41) is 29.4. The molecule has 3 N–H and O–H groups in total. The van der Waals surface area contributed by atoms with Crippen molar-refractivity contribution in [1.29, 1.82) is 0 Å². The van der Waals surface area contributed by atoms with Crippen LogP contribution in [0.15, 0.2) is 60.4 Å². The second-order valence-electron chi connectivity index (χ2n) is 7.26. The van der Waals surface area contributed by atoms with Gasteiger partial charge in [0, 0.05) is 20.1 Å². The normalized spacial score (nSPS) is 10.7. The first-order valence-corrected chi connectivity index (χ1v) is 13.3. The molecule has 0 aliphatic rings. The predicted octanol–water partition coefficient (Wildman–Crippen LogP) is 6.23. The van der Waals surface area contributed by atoms with Crippen molar-refractivity contribution >= 4 is 75.7 Å². The summed E-state index contributed by atoms with van der Waals surface area (Å²) in [6, 6.07) is 10.5. The molecule has 36 heavy (non-hydrogen) atoms. The van der Waals surface area contributed by atoms with E-state index in [2.05, 4.69) is 63.7 Å². The van der Waals surface area contributed by atoms with Crippen LogP contribution in [0.3, 0.4) is 0 Å². The summed E-state index contributed by atoms with van der Waals surface area (Å²) in [7, 11) is 0. The zero-order valence-electron chi connectivity index (χ0n) is 18.3. The first kappa shape index (κ1) is 28.5. The molecule has 0 saturated heterocycles. The third kappa shape index (κ3) is 7.45. The molecule has 0 aromatic heterocycles. The minimum absolute atomic E-state index is 0.000936. The van der Waals surface area contributed by atoms with Gasteiger partial charge in [-0.25, -0.2) is 9.59 Å². The maximum atomic E-state index is 12.8. The number of halogens is 4. The Balaban J connectivity index is 1.80. The van der Waals surface area contributed by atoms with Gasteiger partial charge in [0.15, 0.2) is 0 Å². The van der Waals surface area contributed by atoms with Crippen molar-refractivity contribution in [2.75, 3.05) is 13.2 Å². The topological polar surface area (TPSA) is 123 Å². The number of benzene rings is 3. The minimum atomic E-state index is -0.775. The van der Waals surface area contributed by atoms with Crippen molar-refractivity contribution in [3.05, 3.63) is 82.6 Å². The van der Waals surface area contributed by atoms with E-state index in [-0.39, 0.29) is 54.8 Å². The van der Waals surface area contributed by atoms with Crippen molar-refractivity contribution in [3.63, 3.8) is 0 Å². The zero-order chi connectivity index (χ0) is 26.4. The number of carbonyl (C=O) groups excluding carboxylic acids is 2. The number of phenolic OH excluding ortho intramolecular Hbond substituents is 2. The third-order valence-electron chi connectivity index (χ3n) is 4.67. The fraction of sp³-hybridized carbons (Fsp3) is 0.167. The number of esters is 2. The number of rotatable bonds is 9. The molecule has 190 valence electrons. The zero-order valence-corrected chi connectivity index (χ0v) is 24.6. The average molecular weight is 754 g/mol. The predicted molar refractivity (Wildman–Crippen MR) is 144 cm³/mol. The second-order valence-corrected chi connectivity index (χ2v) is 10.8. The standard InChI is InChI=1S/C24H18Br4O8/c25-16-4-14(21(30)19(27)8-16)10-35-23(32)12-3-13(7-18(6-12)34-2-1-29)24(33)36-11-15-5-17(26)9-20(28)22(15)31/h3-9,29-31H,1-2,10-11H2. The van der Waals surface area contributed by atoms with Crippen LogP contribution in [0.1, 0.15) is 31.8 Å². The van der Waals surface area contributed by atoms with E-state index < -0.39 is 11.9 Å². The number of hydrogen-bond donors (Lipinski definition) is 3. The molecule has 0 aliphatic heterocycles. The summed E-state index contributed by atoms with van der Waals surface area (Å²) in [5.41, 5.74) is 0.715. The summed E-state index contributed by atoms with van der Waals surface area (Å²) in [5.74, 6) is -1.55. The van der Waals surface area contributed by atoms with Gasteiger partial charge in [-0.1, -0.05) is 31.9 Å². The van der Waals surface area contributed by atoms with Crippen molar-refractivity contribution in [2.24, 2.45) is 0 Å². The molecule has 0 aliphatic carbocycles. The second kappa shape index (κ2) is 12.9. The lowest BCUT2D eigenvalue weighted by Crippen LogP contribution is -2.11. The Labute approximate surface area is 239 Å². The summed E-state index contributed by atoms with van der Waals surface area (Å²) < 4.78 is 18.3. The average Bonchev–Trinajstić information content (AvgIpc) is 2.84. The highest BCUT2D eigenvalue weighted by Crippen LogP contribution is 2.33. The van der Waals surface area contributed by atoms with Crippen LogP contribution in [0, 0.1) is 0 Å². The highest BCUT2D eigenvalue weighted by molar-refractivity contribution is 9.11. The van der Waals surface area contributed by atoms with E-state index in [0.29, 0.717) is 29.0 Å². The molecule has 0 unspecified atom stereocenters. The van der Waals surface area contributed by atoms with Crippen LogP contribution in [-0.2, 0) is 22.7 Å². The molecule has 12 heteroatoms. The molecular weight excluding hydrogens is 736 g/mol. The third-order valence-corrected chi connectivity index (χ3v) is 6.79. The molecular formula is C24H18Br4O8. The lowest BCUT2D eigenvalue weighted by molar-refractivity contribution is 0.0467. The summed E-state index contributed by atoms with van der Waals surface area (Å²) in [4.78, 5) is 25.5. The number of hydrogen-bond acceptors (Lipinski definition) is 8. The van der Waals surface area contributed by atoms with Crippen LogP contribution < -0.4 is 4.74 Å². The largest absolute Gasteiger partial charge is 0.506 e.